The van der Waals surface area contributed by atoms with Crippen molar-refractivity contribution in [2.45, 2.75) is 35.8 Å². The molecule has 0 saturated carbocycles. The molecule has 0 bridgehead atoms. The van der Waals surface area contributed by atoms with Crippen molar-refractivity contribution in [3.63, 3.8) is 0 Å². The number of piperazine rings is 1. The second-order valence-corrected chi connectivity index (χ2v) is 13.5. The normalized spacial score (nSPS) is 23.4. The van der Waals surface area contributed by atoms with Crippen LogP contribution in [0.5, 0.6) is 0 Å². The van der Waals surface area contributed by atoms with Crippen LogP contribution in [0.3, 0.4) is 0 Å². The third kappa shape index (κ3) is 5.45. The molecule has 1 N–H and O–H groups in total. The summed E-state index contributed by atoms with van der Waals surface area (Å²) in [5.41, 5.74) is 2.74. The number of thiazole rings is 1. The molecule has 182 valence electrons. The summed E-state index contributed by atoms with van der Waals surface area (Å²) < 4.78 is 59.1. The van der Waals surface area contributed by atoms with Gasteiger partial charge in [-0.3, -0.25) is 4.79 Å². The molecule has 1 unspecified atom stereocenters. The Morgan fingerprint density at radius 3 is 2.70 bits per heavy atom. The van der Waals surface area contributed by atoms with Gasteiger partial charge in [0.1, 0.15) is 15.3 Å². The van der Waals surface area contributed by atoms with Gasteiger partial charge in [0, 0.05) is 49.8 Å². The lowest BCUT2D eigenvalue weighted by Crippen LogP contribution is -2.61. The fraction of sp³-hybridized carbons (Fsp3) is 0.556. The monoisotopic (exact) mass is 536 g/mol. The largest absolute Gasteiger partial charge is 0.350 e. The van der Waals surface area contributed by atoms with Crippen LogP contribution in [0.15, 0.2) is 27.2 Å². The minimum Gasteiger partial charge on any atom is -0.350 e. The summed E-state index contributed by atoms with van der Waals surface area (Å²) in [5, 5.41) is 3.94. The van der Waals surface area contributed by atoms with Gasteiger partial charge in [0.25, 0.3) is 15.9 Å². The highest BCUT2D eigenvalue weighted by molar-refractivity contribution is 7.91. The van der Waals surface area contributed by atoms with Crippen molar-refractivity contribution in [2.24, 2.45) is 0 Å². The average Bonchev–Trinajstić information content (AvgIpc) is 3.49. The molecule has 2 aromatic rings. The van der Waals surface area contributed by atoms with Gasteiger partial charge in [0.05, 0.1) is 6.26 Å². The molecule has 0 spiro atoms. The number of hydroxylamine groups is 1. The molecule has 2 aliphatic rings. The number of rotatable bonds is 7. The fourth-order valence-electron chi connectivity index (χ4n) is 3.66. The number of sulfonamides is 2. The molecule has 15 heteroatoms. The third-order valence-corrected chi connectivity index (χ3v) is 10.8. The number of hydrogen-bond donors (Lipinski definition) is 1. The number of nitrogens with one attached hydrogen (secondary N) is 1. The first-order valence-corrected chi connectivity index (χ1v) is 15.2. The van der Waals surface area contributed by atoms with Crippen LogP contribution in [0.1, 0.15) is 19.3 Å². The minimum absolute atomic E-state index is 0.0552. The number of aromatic nitrogens is 1. The van der Waals surface area contributed by atoms with Gasteiger partial charge in [-0.2, -0.15) is 8.61 Å². The zero-order valence-electron chi connectivity index (χ0n) is 17.7. The Balaban J connectivity index is 1.60. The summed E-state index contributed by atoms with van der Waals surface area (Å²) in [6.45, 7) is -0.0595. The number of amides is 1. The Morgan fingerprint density at radius 2 is 2.03 bits per heavy atom. The molecular formula is C18H24N4O7S4. The maximum atomic E-state index is 13.6. The first-order valence-electron chi connectivity index (χ1n) is 10.2. The Bertz CT molecular complexity index is 1170. The summed E-state index contributed by atoms with van der Waals surface area (Å²) in [7, 11) is -7.77. The molecule has 1 amide bonds. The van der Waals surface area contributed by atoms with Crippen LogP contribution in [0, 0.1) is 0 Å². The van der Waals surface area contributed by atoms with Gasteiger partial charge < -0.3 is 4.74 Å². The highest BCUT2D eigenvalue weighted by Crippen LogP contribution is 2.36. The van der Waals surface area contributed by atoms with E-state index in [0.29, 0.717) is 23.6 Å². The first-order chi connectivity index (χ1) is 15.7. The van der Waals surface area contributed by atoms with Gasteiger partial charge in [-0.25, -0.2) is 32.1 Å². The molecular weight excluding hydrogens is 512 g/mol. The molecule has 4 rings (SSSR count). The van der Waals surface area contributed by atoms with Gasteiger partial charge in [-0.15, -0.1) is 22.7 Å². The van der Waals surface area contributed by atoms with Crippen molar-refractivity contribution in [3.8, 4) is 10.6 Å². The van der Waals surface area contributed by atoms with Crippen molar-refractivity contribution in [3.05, 3.63) is 23.0 Å². The predicted octanol–water partition coefficient (Wildman–Crippen LogP) is 1.08. The smallest absolute Gasteiger partial charge is 0.263 e. The topological polar surface area (TPSA) is 135 Å². The molecule has 2 fully saturated rings. The van der Waals surface area contributed by atoms with E-state index in [1.165, 1.54) is 11.3 Å². The Morgan fingerprint density at radius 1 is 1.21 bits per heavy atom. The van der Waals surface area contributed by atoms with E-state index in [-0.39, 0.29) is 23.8 Å². The van der Waals surface area contributed by atoms with Gasteiger partial charge in [0.2, 0.25) is 10.0 Å². The maximum absolute atomic E-state index is 13.6. The molecule has 2 aromatic heterocycles. The number of hydrogen-bond acceptors (Lipinski definition) is 10. The predicted molar refractivity (Wildman–Crippen MR) is 122 cm³/mol. The second kappa shape index (κ2) is 10.0. The van der Waals surface area contributed by atoms with Crippen LogP contribution in [0.25, 0.3) is 10.6 Å². The zero-order valence-corrected chi connectivity index (χ0v) is 21.0. The quantitative estimate of drug-likeness (QED) is 0.520. The second-order valence-electron chi connectivity index (χ2n) is 7.59. The third-order valence-electron chi connectivity index (χ3n) is 5.33. The lowest BCUT2D eigenvalue weighted by atomic mass is 10.2. The molecule has 0 radical (unpaired) electrons. The summed E-state index contributed by atoms with van der Waals surface area (Å²) in [6.07, 6.45) is 4.35. The summed E-state index contributed by atoms with van der Waals surface area (Å²) >= 11 is 2.33. The van der Waals surface area contributed by atoms with E-state index in [2.05, 4.69) is 10.5 Å². The molecule has 2 saturated heterocycles. The van der Waals surface area contributed by atoms with Crippen LogP contribution >= 0.6 is 22.7 Å². The Hall–Kier alpha value is -1.46. The van der Waals surface area contributed by atoms with E-state index in [4.69, 9.17) is 9.57 Å². The van der Waals surface area contributed by atoms with Crippen molar-refractivity contribution in [1.29, 1.82) is 0 Å². The molecule has 2 aliphatic heterocycles. The van der Waals surface area contributed by atoms with E-state index in [0.717, 1.165) is 39.0 Å². The summed E-state index contributed by atoms with van der Waals surface area (Å²) in [4.78, 5) is 22.6. The number of ether oxygens (including phenoxy) is 1. The van der Waals surface area contributed by atoms with Crippen molar-refractivity contribution < 1.29 is 31.2 Å². The Kier molecular flexibility index (Phi) is 7.50. The average molecular weight is 537 g/mol. The van der Waals surface area contributed by atoms with E-state index >= 15 is 0 Å². The van der Waals surface area contributed by atoms with Crippen LogP contribution in [0.4, 0.5) is 0 Å². The van der Waals surface area contributed by atoms with Crippen LogP contribution < -0.4 is 5.48 Å². The van der Waals surface area contributed by atoms with Gasteiger partial charge in [-0.1, -0.05) is 0 Å². The van der Waals surface area contributed by atoms with Crippen molar-refractivity contribution in [1.82, 2.24) is 19.1 Å². The molecule has 0 aromatic carbocycles. The van der Waals surface area contributed by atoms with Crippen LogP contribution in [-0.4, -0.2) is 81.2 Å². The zero-order chi connectivity index (χ0) is 23.6. The van der Waals surface area contributed by atoms with Crippen LogP contribution in [0.2, 0.25) is 0 Å². The fourth-order valence-corrected chi connectivity index (χ4v) is 8.32. The maximum Gasteiger partial charge on any atom is 0.263 e. The summed E-state index contributed by atoms with van der Waals surface area (Å²) in [6, 6.07) is 0.357. The minimum atomic E-state index is -4.13. The van der Waals surface area contributed by atoms with E-state index in [9.17, 15) is 21.6 Å². The number of thiophene rings is 1. The Labute approximate surface area is 200 Å². The molecule has 33 heavy (non-hydrogen) atoms. The van der Waals surface area contributed by atoms with E-state index in [1.54, 1.807) is 23.0 Å². The van der Waals surface area contributed by atoms with Gasteiger partial charge in [-0.05, 0) is 24.3 Å². The number of carbonyl (C=O) groups excluding carboxylic acids is 1. The lowest BCUT2D eigenvalue weighted by molar-refractivity contribution is -0.202. The standard InChI is InChI=1S/C18H24N4O7S4/c1-32(24,25)21-7-8-22(14(12-21)16(23)20-29-15-4-2-3-9-28-15)33(26,27)18-13(5-10-31-18)17-19-6-11-30-17/h5-6,10-11,14-15H,2-4,7-9,12H2,1H3,(H,20,23)/t14-,15?/m1/s1. The van der Waals surface area contributed by atoms with Gasteiger partial charge >= 0.3 is 0 Å². The first kappa shape index (κ1) is 24.7. The van der Waals surface area contributed by atoms with Gasteiger partial charge in [0.15, 0.2) is 6.29 Å². The molecule has 2 atom stereocenters. The van der Waals surface area contributed by atoms with E-state index < -0.39 is 38.3 Å². The number of nitrogens with zero attached hydrogens (tertiary/aromatic N) is 3. The van der Waals surface area contributed by atoms with Crippen molar-refractivity contribution in [2.75, 3.05) is 32.5 Å². The lowest BCUT2D eigenvalue weighted by Gasteiger charge is -2.38. The molecule has 0 aliphatic carbocycles. The summed E-state index contributed by atoms with van der Waals surface area (Å²) in [5.74, 6) is -0.756. The van der Waals surface area contributed by atoms with Crippen LogP contribution in [-0.2, 0) is 34.4 Å². The highest BCUT2D eigenvalue weighted by Gasteiger charge is 2.44. The highest BCUT2D eigenvalue weighted by atomic mass is 32.2. The SMILES string of the molecule is CS(=O)(=O)N1CCN(S(=O)(=O)c2sccc2-c2nccs2)[C@@H](C(=O)NOC2CCCCO2)C1. The molecule has 11 nitrogen and oxygen atoms in total. The van der Waals surface area contributed by atoms with Crippen molar-refractivity contribution >= 4 is 48.6 Å². The number of carbonyl (C=O) groups is 1. The van der Waals surface area contributed by atoms with E-state index in [1.807, 2.05) is 0 Å². The molecule has 4 heterocycles.